The van der Waals surface area contributed by atoms with Crippen LogP contribution >= 0.6 is 0 Å². The minimum absolute atomic E-state index is 0.0150. The molecule has 7 nitrogen and oxygen atoms in total. The maximum Gasteiger partial charge on any atom is 0.408 e. The topological polar surface area (TPSA) is 94.5 Å². The van der Waals surface area contributed by atoms with E-state index in [0.29, 0.717) is 11.1 Å². The summed E-state index contributed by atoms with van der Waals surface area (Å²) < 4.78 is 20.2. The van der Waals surface area contributed by atoms with Crippen LogP contribution in [0.5, 0.6) is 0 Å². The van der Waals surface area contributed by atoms with Crippen LogP contribution in [0.25, 0.3) is 11.1 Å². The van der Waals surface area contributed by atoms with Crippen molar-refractivity contribution in [2.45, 2.75) is 57.1 Å². The van der Waals surface area contributed by atoms with Crippen molar-refractivity contribution in [3.8, 4) is 17.2 Å². The first-order valence-corrected chi connectivity index (χ1v) is 11.8. The van der Waals surface area contributed by atoms with Gasteiger partial charge in [-0.25, -0.2) is 9.18 Å². The Morgan fingerprint density at radius 2 is 1.89 bits per heavy atom. The van der Waals surface area contributed by atoms with Crippen LogP contribution in [0.4, 0.5) is 14.9 Å². The van der Waals surface area contributed by atoms with Crippen LogP contribution in [0.3, 0.4) is 0 Å². The zero-order valence-corrected chi connectivity index (χ0v) is 20.6. The van der Waals surface area contributed by atoms with E-state index in [1.54, 1.807) is 32.9 Å². The predicted octanol–water partition coefficient (Wildman–Crippen LogP) is 4.37. The van der Waals surface area contributed by atoms with Crippen LogP contribution in [0.2, 0.25) is 0 Å². The first-order chi connectivity index (χ1) is 16.5. The zero-order valence-electron chi connectivity index (χ0n) is 20.6. The number of nitrogens with one attached hydrogen (secondary N) is 2. The molecular weight excluding hydrogens is 447 g/mol. The molecule has 0 aromatic heterocycles. The van der Waals surface area contributed by atoms with Crippen molar-refractivity contribution in [2.24, 2.45) is 0 Å². The van der Waals surface area contributed by atoms with E-state index < -0.39 is 29.0 Å². The van der Waals surface area contributed by atoms with Gasteiger partial charge in [0.1, 0.15) is 17.5 Å². The Bertz CT molecular complexity index is 1190. The molecule has 35 heavy (non-hydrogen) atoms. The Labute approximate surface area is 205 Å². The van der Waals surface area contributed by atoms with E-state index in [-0.39, 0.29) is 12.3 Å². The average Bonchev–Trinajstić information content (AvgIpc) is 3.05. The Morgan fingerprint density at radius 1 is 1.23 bits per heavy atom. The van der Waals surface area contributed by atoms with Gasteiger partial charge in [-0.05, 0) is 94.2 Å². The molecule has 0 radical (unpaired) electrons. The Balaban J connectivity index is 1.54. The van der Waals surface area contributed by atoms with E-state index >= 15 is 4.39 Å². The first-order valence-electron chi connectivity index (χ1n) is 11.8. The summed E-state index contributed by atoms with van der Waals surface area (Å²) >= 11 is 0. The molecule has 8 heteroatoms. The van der Waals surface area contributed by atoms with Gasteiger partial charge in [0, 0.05) is 12.1 Å². The summed E-state index contributed by atoms with van der Waals surface area (Å²) in [6.07, 6.45) is 0.796. The molecule has 0 bridgehead atoms. The van der Waals surface area contributed by atoms with Gasteiger partial charge in [-0.15, -0.1) is 0 Å². The predicted molar refractivity (Wildman–Crippen MR) is 131 cm³/mol. The largest absolute Gasteiger partial charge is 0.444 e. The fourth-order valence-corrected chi connectivity index (χ4v) is 4.78. The normalized spacial score (nSPS) is 17.9. The molecule has 1 saturated heterocycles. The fourth-order valence-electron chi connectivity index (χ4n) is 4.78. The van der Waals surface area contributed by atoms with Crippen LogP contribution in [-0.2, 0) is 21.4 Å². The molecule has 2 heterocycles. The molecule has 2 aromatic rings. The van der Waals surface area contributed by atoms with E-state index in [9.17, 15) is 14.9 Å². The number of anilines is 1. The molecule has 2 aliphatic rings. The van der Waals surface area contributed by atoms with E-state index in [2.05, 4.69) is 22.6 Å². The molecule has 2 aromatic carbocycles. The van der Waals surface area contributed by atoms with E-state index in [1.165, 1.54) is 6.07 Å². The van der Waals surface area contributed by atoms with Gasteiger partial charge < -0.3 is 20.3 Å². The van der Waals surface area contributed by atoms with Crippen molar-refractivity contribution in [3.05, 3.63) is 53.3 Å². The number of carbonyl (C=O) groups excluding carboxylic acids is 2. The summed E-state index contributed by atoms with van der Waals surface area (Å²) in [6.45, 7) is 6.87. The molecule has 0 aliphatic carbocycles. The molecule has 4 rings (SSSR count). The van der Waals surface area contributed by atoms with Gasteiger partial charge in [0.15, 0.2) is 0 Å². The number of nitriles is 1. The lowest BCUT2D eigenvalue weighted by atomic mass is 9.73. The Kier molecular flexibility index (Phi) is 6.56. The number of hydrogen-bond donors (Lipinski definition) is 2. The number of likely N-dealkylation sites (tertiary alicyclic amines) is 1. The van der Waals surface area contributed by atoms with E-state index in [1.807, 2.05) is 24.3 Å². The highest BCUT2D eigenvalue weighted by Crippen LogP contribution is 2.46. The van der Waals surface area contributed by atoms with Crippen molar-refractivity contribution >= 4 is 17.7 Å². The highest BCUT2D eigenvalue weighted by atomic mass is 19.1. The second-order valence-corrected chi connectivity index (χ2v) is 10.4. The highest BCUT2D eigenvalue weighted by molar-refractivity contribution is 6.06. The maximum atomic E-state index is 15.0. The summed E-state index contributed by atoms with van der Waals surface area (Å²) in [4.78, 5) is 27.1. The number of halogens is 1. The lowest BCUT2D eigenvalue weighted by Gasteiger charge is -2.36. The third-order valence-corrected chi connectivity index (χ3v) is 6.72. The van der Waals surface area contributed by atoms with Crippen LogP contribution in [0.1, 0.15) is 44.7 Å². The number of benzene rings is 2. The van der Waals surface area contributed by atoms with Gasteiger partial charge in [0.05, 0.1) is 11.5 Å². The van der Waals surface area contributed by atoms with Crippen molar-refractivity contribution < 1.29 is 18.7 Å². The van der Waals surface area contributed by atoms with Crippen LogP contribution < -0.4 is 10.6 Å². The summed E-state index contributed by atoms with van der Waals surface area (Å²) in [5.74, 6) is -0.420. The number of carbonyl (C=O) groups is 2. The number of rotatable bonds is 4. The van der Waals surface area contributed by atoms with Gasteiger partial charge >= 0.3 is 6.09 Å². The average molecular weight is 479 g/mol. The quantitative estimate of drug-likeness (QED) is 0.681. The van der Waals surface area contributed by atoms with Crippen molar-refractivity contribution in [2.75, 3.05) is 25.5 Å². The molecule has 184 valence electrons. The number of hydrogen-bond acceptors (Lipinski definition) is 5. The SMILES string of the molecule is CN1CCC2(CC1)C(=O)Nc1ccc(-c3ccc(C[C@@H](C#N)NC(=O)OC(C)(C)C)c(F)c3)cc12. The van der Waals surface area contributed by atoms with Gasteiger partial charge in [0.25, 0.3) is 0 Å². The van der Waals surface area contributed by atoms with Crippen LogP contribution in [-0.4, -0.2) is 48.7 Å². The standard InChI is InChI=1S/C27H31FN4O3/c1-26(2,3)35-25(34)30-20(16-29)13-19-6-5-18(15-22(19)28)17-7-8-23-21(14-17)27(24(33)31-23)9-11-32(4)12-10-27/h5-8,14-15,20H,9-13H2,1-4H3,(H,30,34)(H,31,33)/t20-/m0/s1. The molecule has 2 aliphatic heterocycles. The molecule has 2 amide bonds. The molecular formula is C27H31FN4O3. The van der Waals surface area contributed by atoms with Gasteiger partial charge in [0.2, 0.25) is 5.91 Å². The number of piperidine rings is 1. The number of alkyl carbamates (subject to hydrolysis) is 1. The van der Waals surface area contributed by atoms with Crippen molar-refractivity contribution in [1.82, 2.24) is 10.2 Å². The highest BCUT2D eigenvalue weighted by Gasteiger charge is 2.48. The molecule has 0 unspecified atom stereocenters. The molecule has 0 saturated carbocycles. The molecule has 1 atom stereocenters. The van der Waals surface area contributed by atoms with Gasteiger partial charge in [-0.3, -0.25) is 4.79 Å². The fraction of sp³-hybridized carbons (Fsp3) is 0.444. The smallest absolute Gasteiger partial charge is 0.408 e. The summed E-state index contributed by atoms with van der Waals surface area (Å²) in [5.41, 5.74) is 2.40. The summed E-state index contributed by atoms with van der Waals surface area (Å²) in [7, 11) is 2.06. The monoisotopic (exact) mass is 478 g/mol. The number of ether oxygens (including phenoxy) is 1. The molecule has 2 N–H and O–H groups in total. The number of amides is 2. The Morgan fingerprint density at radius 3 is 2.51 bits per heavy atom. The Hall–Kier alpha value is -3.44. The second kappa shape index (κ2) is 9.31. The lowest BCUT2D eigenvalue weighted by molar-refractivity contribution is -0.122. The lowest BCUT2D eigenvalue weighted by Crippen LogP contribution is -2.45. The summed E-state index contributed by atoms with van der Waals surface area (Å²) in [6, 6.07) is 11.7. The van der Waals surface area contributed by atoms with Gasteiger partial charge in [-0.1, -0.05) is 18.2 Å². The van der Waals surface area contributed by atoms with Crippen LogP contribution in [0, 0.1) is 17.1 Å². The maximum absolute atomic E-state index is 15.0. The minimum Gasteiger partial charge on any atom is -0.444 e. The first kappa shape index (κ1) is 24.7. The van der Waals surface area contributed by atoms with Crippen molar-refractivity contribution in [1.29, 1.82) is 5.26 Å². The van der Waals surface area contributed by atoms with E-state index in [4.69, 9.17) is 4.74 Å². The minimum atomic E-state index is -0.924. The van der Waals surface area contributed by atoms with Crippen LogP contribution in [0.15, 0.2) is 36.4 Å². The van der Waals surface area contributed by atoms with Crippen molar-refractivity contribution in [3.63, 3.8) is 0 Å². The van der Waals surface area contributed by atoms with E-state index in [0.717, 1.165) is 42.7 Å². The summed E-state index contributed by atoms with van der Waals surface area (Å²) in [5, 5.41) is 14.9. The zero-order chi connectivity index (χ0) is 25.4. The number of nitrogens with zero attached hydrogens (tertiary/aromatic N) is 2. The molecule has 1 fully saturated rings. The third kappa shape index (κ3) is 5.15. The second-order valence-electron chi connectivity index (χ2n) is 10.4. The number of fused-ring (bicyclic) bond motifs is 2. The third-order valence-electron chi connectivity index (χ3n) is 6.72. The van der Waals surface area contributed by atoms with Gasteiger partial charge in [-0.2, -0.15) is 5.26 Å². The molecule has 1 spiro atoms.